The van der Waals surface area contributed by atoms with E-state index in [4.69, 9.17) is 0 Å². The molecule has 2 aliphatic heterocycles. The molecule has 2 aromatic rings. The number of nitrogens with zero attached hydrogens (tertiary/aromatic N) is 3. The predicted molar refractivity (Wildman–Crippen MR) is 150 cm³/mol. The normalized spacial score (nSPS) is 22.6. The number of ketones is 1. The number of anilines is 2. The molecule has 0 bridgehead atoms. The van der Waals surface area contributed by atoms with E-state index in [0.717, 1.165) is 42.9 Å². The highest BCUT2D eigenvalue weighted by molar-refractivity contribution is 6.54. The number of Topliss-reactive ketones (excluding diaryl/α,β-unsaturated/α-hetero) is 1. The van der Waals surface area contributed by atoms with Gasteiger partial charge in [-0.3, -0.25) is 9.59 Å². The van der Waals surface area contributed by atoms with Gasteiger partial charge in [0.25, 0.3) is 5.91 Å². The Hall–Kier alpha value is -3.78. The van der Waals surface area contributed by atoms with E-state index in [-0.39, 0.29) is 11.1 Å². The SMILES string of the molecule is CCCCCCCCN1CCCc2cc(C3C(=O)/C(=C4/C(=O)N(c5ccccc5)N=C4C(=O)O)C3O)ccc21. The maximum atomic E-state index is 13.4. The van der Waals surface area contributed by atoms with Crippen molar-refractivity contribution in [3.8, 4) is 0 Å². The van der Waals surface area contributed by atoms with Crippen molar-refractivity contribution >= 4 is 34.7 Å². The van der Waals surface area contributed by atoms with E-state index >= 15 is 0 Å². The van der Waals surface area contributed by atoms with Gasteiger partial charge in [0.05, 0.1) is 23.3 Å². The number of rotatable bonds is 10. The maximum Gasteiger partial charge on any atom is 0.357 e. The highest BCUT2D eigenvalue weighted by atomic mass is 16.4. The average molecular weight is 530 g/mol. The summed E-state index contributed by atoms with van der Waals surface area (Å²) in [6.45, 7) is 4.25. The van der Waals surface area contributed by atoms with Gasteiger partial charge >= 0.3 is 5.97 Å². The largest absolute Gasteiger partial charge is 0.476 e. The lowest BCUT2D eigenvalue weighted by atomic mass is 9.68. The summed E-state index contributed by atoms with van der Waals surface area (Å²) in [7, 11) is 0. The molecule has 5 rings (SSSR count). The number of carbonyl (C=O) groups excluding carboxylic acids is 2. The lowest BCUT2D eigenvalue weighted by molar-refractivity contribution is -0.129. The first-order chi connectivity index (χ1) is 18.9. The molecule has 2 atom stereocenters. The van der Waals surface area contributed by atoms with E-state index in [1.807, 2.05) is 18.2 Å². The molecule has 8 nitrogen and oxygen atoms in total. The summed E-state index contributed by atoms with van der Waals surface area (Å²) in [6.07, 6.45) is 8.15. The molecule has 2 heterocycles. The number of hydrazone groups is 1. The van der Waals surface area contributed by atoms with Crippen molar-refractivity contribution in [1.82, 2.24) is 0 Å². The van der Waals surface area contributed by atoms with Gasteiger partial charge in [-0.15, -0.1) is 0 Å². The fourth-order valence-corrected chi connectivity index (χ4v) is 5.87. The van der Waals surface area contributed by atoms with Crippen LogP contribution in [0, 0.1) is 0 Å². The fraction of sp³-hybridized carbons (Fsp3) is 0.419. The topological polar surface area (TPSA) is 111 Å². The van der Waals surface area contributed by atoms with Gasteiger partial charge in [0.15, 0.2) is 11.5 Å². The third kappa shape index (κ3) is 5.13. The van der Waals surface area contributed by atoms with Gasteiger partial charge in [0.1, 0.15) is 0 Å². The molecule has 204 valence electrons. The zero-order chi connectivity index (χ0) is 27.5. The molecule has 0 saturated heterocycles. The minimum atomic E-state index is -1.42. The molecule has 0 spiro atoms. The molecule has 2 unspecified atom stereocenters. The standard InChI is InChI=1S/C31H35N3O5/c1-2-3-4-5-6-10-17-33-18-11-12-20-19-21(15-16-23(20)33)24-28(35)26(29(24)36)25-27(31(38)39)32-34(30(25)37)22-13-8-7-9-14-22/h7-9,13-16,19,24,28,35H,2-6,10-12,17-18H2,1H3,(H,38,39)/b26-25+. The highest BCUT2D eigenvalue weighted by Crippen LogP contribution is 2.43. The van der Waals surface area contributed by atoms with Crippen LogP contribution < -0.4 is 9.91 Å². The van der Waals surface area contributed by atoms with Crippen molar-refractivity contribution in [2.45, 2.75) is 70.3 Å². The van der Waals surface area contributed by atoms with E-state index in [0.29, 0.717) is 11.3 Å². The van der Waals surface area contributed by atoms with Gasteiger partial charge in [0.2, 0.25) is 0 Å². The number of para-hydroxylation sites is 1. The molecule has 1 fully saturated rings. The Kier molecular flexibility index (Phi) is 7.93. The summed E-state index contributed by atoms with van der Waals surface area (Å²) >= 11 is 0. The zero-order valence-corrected chi connectivity index (χ0v) is 22.3. The van der Waals surface area contributed by atoms with Crippen LogP contribution in [0.4, 0.5) is 11.4 Å². The number of carboxylic acid groups (broad SMARTS) is 1. The van der Waals surface area contributed by atoms with Crippen molar-refractivity contribution in [2.24, 2.45) is 5.10 Å². The Balaban J connectivity index is 1.34. The number of aliphatic hydroxyl groups is 1. The van der Waals surface area contributed by atoms with Gasteiger partial charge in [-0.05, 0) is 48.6 Å². The summed E-state index contributed by atoms with van der Waals surface area (Å²) in [6, 6.07) is 14.3. The van der Waals surface area contributed by atoms with Crippen LogP contribution in [-0.2, 0) is 20.8 Å². The molecular formula is C31H35N3O5. The number of hydrogen-bond acceptors (Lipinski definition) is 6. The van der Waals surface area contributed by atoms with Crippen LogP contribution in [0.1, 0.15) is 68.9 Å². The number of hydrogen-bond donors (Lipinski definition) is 2. The van der Waals surface area contributed by atoms with E-state index in [2.05, 4.69) is 16.9 Å². The van der Waals surface area contributed by atoms with Crippen molar-refractivity contribution in [3.05, 3.63) is 70.8 Å². The molecular weight excluding hydrogens is 494 g/mol. The molecule has 0 aromatic heterocycles. The summed E-state index contributed by atoms with van der Waals surface area (Å²) in [5.74, 6) is -3.42. The Morgan fingerprint density at radius 2 is 1.77 bits per heavy atom. The van der Waals surface area contributed by atoms with Crippen LogP contribution >= 0.6 is 0 Å². The number of aryl methyl sites for hydroxylation is 1. The van der Waals surface area contributed by atoms with Crippen LogP contribution in [-0.4, -0.2) is 52.8 Å². The number of fused-ring (bicyclic) bond motifs is 1. The molecule has 2 N–H and O–H groups in total. The van der Waals surface area contributed by atoms with Gasteiger partial charge in [-0.2, -0.15) is 10.1 Å². The van der Waals surface area contributed by atoms with E-state index in [1.54, 1.807) is 30.3 Å². The average Bonchev–Trinajstić information content (AvgIpc) is 3.27. The lowest BCUT2D eigenvalue weighted by Crippen LogP contribution is -2.46. The number of unbranched alkanes of at least 4 members (excludes halogenated alkanes) is 5. The summed E-state index contributed by atoms with van der Waals surface area (Å²) < 4.78 is 0. The van der Waals surface area contributed by atoms with Crippen LogP contribution in [0.2, 0.25) is 0 Å². The van der Waals surface area contributed by atoms with Crippen molar-refractivity contribution in [2.75, 3.05) is 23.0 Å². The fourth-order valence-electron chi connectivity index (χ4n) is 5.87. The molecule has 0 radical (unpaired) electrons. The van der Waals surface area contributed by atoms with Crippen molar-refractivity contribution in [1.29, 1.82) is 0 Å². The summed E-state index contributed by atoms with van der Waals surface area (Å²) in [5, 5.41) is 25.7. The lowest BCUT2D eigenvalue weighted by Gasteiger charge is -2.37. The molecule has 2 aromatic carbocycles. The quantitative estimate of drug-likeness (QED) is 0.344. The molecule has 1 saturated carbocycles. The van der Waals surface area contributed by atoms with Crippen molar-refractivity contribution < 1.29 is 24.6 Å². The van der Waals surface area contributed by atoms with Crippen LogP contribution in [0.15, 0.2) is 64.8 Å². The Morgan fingerprint density at radius 1 is 1.03 bits per heavy atom. The number of carbonyl (C=O) groups is 3. The summed E-state index contributed by atoms with van der Waals surface area (Å²) in [4.78, 5) is 40.9. The van der Waals surface area contributed by atoms with Gasteiger partial charge < -0.3 is 15.1 Å². The predicted octanol–water partition coefficient (Wildman–Crippen LogP) is 4.61. The van der Waals surface area contributed by atoms with Crippen LogP contribution in [0.3, 0.4) is 0 Å². The molecule has 3 aliphatic rings. The van der Waals surface area contributed by atoms with E-state index < -0.39 is 35.4 Å². The van der Waals surface area contributed by atoms with E-state index in [9.17, 15) is 24.6 Å². The Labute approximate surface area is 228 Å². The minimum Gasteiger partial charge on any atom is -0.476 e. The third-order valence-corrected chi connectivity index (χ3v) is 7.93. The van der Waals surface area contributed by atoms with Gasteiger partial charge in [-0.25, -0.2) is 4.79 Å². The molecule has 1 amide bonds. The second-order valence-electron chi connectivity index (χ2n) is 10.5. The number of aliphatic carboxylic acids is 1. The first kappa shape index (κ1) is 26.8. The zero-order valence-electron chi connectivity index (χ0n) is 22.3. The number of amides is 1. The molecule has 1 aliphatic carbocycles. The van der Waals surface area contributed by atoms with E-state index in [1.165, 1.54) is 37.8 Å². The first-order valence-electron chi connectivity index (χ1n) is 14.0. The Morgan fingerprint density at radius 3 is 2.49 bits per heavy atom. The molecule has 8 heteroatoms. The minimum absolute atomic E-state index is 0.174. The summed E-state index contributed by atoms with van der Waals surface area (Å²) in [5.41, 5.74) is 2.38. The molecule has 39 heavy (non-hydrogen) atoms. The maximum absolute atomic E-state index is 13.4. The number of aliphatic hydroxyl groups excluding tert-OH is 1. The monoisotopic (exact) mass is 529 g/mol. The van der Waals surface area contributed by atoms with Crippen LogP contribution in [0.25, 0.3) is 0 Å². The third-order valence-electron chi connectivity index (χ3n) is 7.93. The number of benzene rings is 2. The van der Waals surface area contributed by atoms with Gasteiger partial charge in [0, 0.05) is 24.4 Å². The Bertz CT molecular complexity index is 1330. The number of carboxylic acids is 1. The second-order valence-corrected chi connectivity index (χ2v) is 10.5. The smallest absolute Gasteiger partial charge is 0.357 e. The first-order valence-corrected chi connectivity index (χ1v) is 14.0. The highest BCUT2D eigenvalue weighted by Gasteiger charge is 2.51. The second kappa shape index (κ2) is 11.5. The van der Waals surface area contributed by atoms with Gasteiger partial charge in [-0.1, -0.05) is 69.4 Å². The van der Waals surface area contributed by atoms with Crippen molar-refractivity contribution in [3.63, 3.8) is 0 Å². The van der Waals surface area contributed by atoms with Crippen LogP contribution in [0.5, 0.6) is 0 Å².